The average Bonchev–Trinajstić information content (AvgIpc) is 3.40. The van der Waals surface area contributed by atoms with Crippen molar-refractivity contribution in [3.63, 3.8) is 0 Å². The minimum atomic E-state index is -0.191. The van der Waals surface area contributed by atoms with Crippen LogP contribution in [0, 0.1) is 6.92 Å². The van der Waals surface area contributed by atoms with Crippen LogP contribution in [0.2, 0.25) is 0 Å². The number of rotatable bonds is 3. The van der Waals surface area contributed by atoms with Gasteiger partial charge in [0, 0.05) is 42.8 Å². The third kappa shape index (κ3) is 2.90. The van der Waals surface area contributed by atoms with Crippen molar-refractivity contribution in [2.75, 3.05) is 5.32 Å². The molecule has 4 aromatic heterocycles. The summed E-state index contributed by atoms with van der Waals surface area (Å²) in [5.41, 5.74) is 5.18. The first kappa shape index (κ1) is 18.3. The van der Waals surface area contributed by atoms with Crippen molar-refractivity contribution in [3.8, 4) is 11.3 Å². The summed E-state index contributed by atoms with van der Waals surface area (Å²) in [4.78, 5) is 37.2. The van der Waals surface area contributed by atoms with Gasteiger partial charge >= 0.3 is 0 Å². The molecule has 0 radical (unpaired) electrons. The number of aromatic nitrogens is 4. The van der Waals surface area contributed by atoms with Crippen molar-refractivity contribution in [2.24, 2.45) is 7.05 Å². The minimum Gasteiger partial charge on any atom is -0.357 e. The molecule has 5 rings (SSSR count). The first-order chi connectivity index (χ1) is 14.5. The van der Waals surface area contributed by atoms with Crippen LogP contribution < -0.4 is 10.9 Å². The Balaban J connectivity index is 1.51. The molecular weight excluding hydrogens is 378 g/mol. The summed E-state index contributed by atoms with van der Waals surface area (Å²) < 4.78 is 1.55. The molecule has 1 aliphatic carbocycles. The Labute approximate surface area is 172 Å². The maximum Gasteiger partial charge on any atom is 0.274 e. The summed E-state index contributed by atoms with van der Waals surface area (Å²) in [6.07, 6.45) is 8.75. The van der Waals surface area contributed by atoms with Gasteiger partial charge in [0.15, 0.2) is 0 Å². The Bertz CT molecular complexity index is 1350. The molecule has 1 unspecified atom stereocenters. The van der Waals surface area contributed by atoms with Gasteiger partial charge in [-0.25, -0.2) is 4.98 Å². The van der Waals surface area contributed by atoms with Gasteiger partial charge in [-0.05, 0) is 54.7 Å². The number of nitrogens with zero attached hydrogens (tertiary/aromatic N) is 3. The van der Waals surface area contributed by atoms with E-state index in [1.807, 2.05) is 37.4 Å². The minimum absolute atomic E-state index is 0.0606. The molecule has 0 aliphatic heterocycles. The number of nitrogens with one attached hydrogen (secondary N) is 2. The molecule has 4 aromatic rings. The third-order valence-electron chi connectivity index (χ3n) is 5.83. The highest BCUT2D eigenvalue weighted by Crippen LogP contribution is 2.34. The number of amides is 1. The first-order valence-electron chi connectivity index (χ1n) is 9.91. The Hall–Kier alpha value is -3.74. The number of aryl methyl sites for hydroxylation is 3. The Morgan fingerprint density at radius 1 is 1.27 bits per heavy atom. The molecule has 4 heterocycles. The second-order valence-corrected chi connectivity index (χ2v) is 7.74. The normalized spacial score (nSPS) is 15.3. The fourth-order valence-corrected chi connectivity index (χ4v) is 4.26. The number of carbonyl (C=O) groups is 1. The fraction of sp³-hybridized carbons (Fsp3) is 0.217. The zero-order chi connectivity index (χ0) is 20.8. The van der Waals surface area contributed by atoms with E-state index in [0.717, 1.165) is 46.2 Å². The predicted molar refractivity (Wildman–Crippen MR) is 115 cm³/mol. The molecule has 7 nitrogen and oxygen atoms in total. The molecule has 1 atom stereocenters. The van der Waals surface area contributed by atoms with Gasteiger partial charge in [-0.3, -0.25) is 14.6 Å². The molecular formula is C23H21N5O2. The maximum absolute atomic E-state index is 13.0. The van der Waals surface area contributed by atoms with Crippen LogP contribution >= 0.6 is 0 Å². The first-order valence-corrected chi connectivity index (χ1v) is 9.91. The molecule has 0 saturated heterocycles. The van der Waals surface area contributed by atoms with E-state index in [0.29, 0.717) is 11.3 Å². The van der Waals surface area contributed by atoms with Crippen LogP contribution in [-0.4, -0.2) is 25.4 Å². The quantitative estimate of drug-likeness (QED) is 0.553. The molecule has 0 spiro atoms. The molecule has 2 N–H and O–H groups in total. The predicted octanol–water partition coefficient (Wildman–Crippen LogP) is 3.30. The van der Waals surface area contributed by atoms with E-state index >= 15 is 0 Å². The molecule has 7 heteroatoms. The zero-order valence-corrected chi connectivity index (χ0v) is 16.8. The number of H-pyrrole nitrogens is 1. The lowest BCUT2D eigenvalue weighted by molar-refractivity contribution is -0.117. The van der Waals surface area contributed by atoms with Gasteiger partial charge in [0.1, 0.15) is 11.3 Å². The lowest BCUT2D eigenvalue weighted by Gasteiger charge is -2.14. The molecule has 0 aromatic carbocycles. The second kappa shape index (κ2) is 6.95. The van der Waals surface area contributed by atoms with Crippen LogP contribution in [0.4, 0.5) is 5.82 Å². The molecule has 1 amide bonds. The summed E-state index contributed by atoms with van der Waals surface area (Å²) in [7, 11) is 1.72. The van der Waals surface area contributed by atoms with Gasteiger partial charge in [-0.15, -0.1) is 0 Å². The van der Waals surface area contributed by atoms with Gasteiger partial charge in [-0.1, -0.05) is 6.07 Å². The van der Waals surface area contributed by atoms with E-state index in [2.05, 4.69) is 15.3 Å². The zero-order valence-electron chi connectivity index (χ0n) is 16.8. The highest BCUT2D eigenvalue weighted by molar-refractivity contribution is 5.97. The summed E-state index contributed by atoms with van der Waals surface area (Å²) in [6.45, 7) is 1.97. The topological polar surface area (TPSA) is 92.7 Å². The van der Waals surface area contributed by atoms with Crippen molar-refractivity contribution in [1.29, 1.82) is 0 Å². The average molecular weight is 399 g/mol. The number of hydrogen-bond donors (Lipinski definition) is 2. The standard InChI is InChI=1S/C23H21N5O2/c1-13-3-6-19(27-22(29)17-5-4-14-11-24-9-7-15(14)17)26-20(13)18-12-28(2)23(30)21-16(18)8-10-25-21/h3,6-12,17,25H,4-5H2,1-2H3,(H,26,27,29). The van der Waals surface area contributed by atoms with Crippen molar-refractivity contribution in [1.82, 2.24) is 19.5 Å². The molecule has 0 bridgehead atoms. The SMILES string of the molecule is Cc1ccc(NC(=O)C2CCc3cnccc32)nc1-c1cn(C)c(=O)c2[nH]ccc12. The second-order valence-electron chi connectivity index (χ2n) is 7.74. The van der Waals surface area contributed by atoms with Crippen molar-refractivity contribution in [2.45, 2.75) is 25.7 Å². The van der Waals surface area contributed by atoms with Crippen LogP contribution in [0.5, 0.6) is 0 Å². The smallest absolute Gasteiger partial charge is 0.274 e. The van der Waals surface area contributed by atoms with E-state index in [1.165, 1.54) is 0 Å². The molecule has 30 heavy (non-hydrogen) atoms. The van der Waals surface area contributed by atoms with Crippen LogP contribution in [-0.2, 0) is 18.3 Å². The number of pyridine rings is 3. The van der Waals surface area contributed by atoms with Gasteiger partial charge in [0.05, 0.1) is 11.6 Å². The lowest BCUT2D eigenvalue weighted by atomic mass is 10.0. The summed E-state index contributed by atoms with van der Waals surface area (Å²) in [6, 6.07) is 7.55. The number of anilines is 1. The van der Waals surface area contributed by atoms with Crippen LogP contribution in [0.1, 0.15) is 29.0 Å². The van der Waals surface area contributed by atoms with Crippen molar-refractivity contribution in [3.05, 3.63) is 76.1 Å². The van der Waals surface area contributed by atoms with E-state index in [9.17, 15) is 9.59 Å². The highest BCUT2D eigenvalue weighted by atomic mass is 16.2. The number of fused-ring (bicyclic) bond motifs is 2. The van der Waals surface area contributed by atoms with E-state index < -0.39 is 0 Å². The monoisotopic (exact) mass is 399 g/mol. The largest absolute Gasteiger partial charge is 0.357 e. The fourth-order valence-electron chi connectivity index (χ4n) is 4.26. The summed E-state index contributed by atoms with van der Waals surface area (Å²) in [5, 5.41) is 3.80. The maximum atomic E-state index is 13.0. The van der Waals surface area contributed by atoms with Gasteiger partial charge < -0.3 is 14.9 Å². The highest BCUT2D eigenvalue weighted by Gasteiger charge is 2.29. The lowest BCUT2D eigenvalue weighted by Crippen LogP contribution is -2.20. The van der Waals surface area contributed by atoms with E-state index in [-0.39, 0.29) is 17.4 Å². The van der Waals surface area contributed by atoms with Crippen LogP contribution in [0.25, 0.3) is 22.2 Å². The van der Waals surface area contributed by atoms with Crippen molar-refractivity contribution < 1.29 is 4.79 Å². The number of hydrogen-bond acceptors (Lipinski definition) is 4. The number of carbonyl (C=O) groups excluding carboxylic acids is 1. The van der Waals surface area contributed by atoms with Gasteiger partial charge in [-0.2, -0.15) is 0 Å². The van der Waals surface area contributed by atoms with Crippen LogP contribution in [0.15, 0.2) is 53.8 Å². The van der Waals surface area contributed by atoms with E-state index in [1.54, 1.807) is 30.2 Å². The van der Waals surface area contributed by atoms with Gasteiger partial charge in [0.25, 0.3) is 5.56 Å². The molecule has 1 aliphatic rings. The Morgan fingerprint density at radius 3 is 3.00 bits per heavy atom. The third-order valence-corrected chi connectivity index (χ3v) is 5.83. The van der Waals surface area contributed by atoms with Crippen molar-refractivity contribution >= 4 is 22.6 Å². The van der Waals surface area contributed by atoms with Gasteiger partial charge in [0.2, 0.25) is 5.91 Å². The molecule has 150 valence electrons. The van der Waals surface area contributed by atoms with E-state index in [4.69, 9.17) is 4.98 Å². The van der Waals surface area contributed by atoms with Crippen LogP contribution in [0.3, 0.4) is 0 Å². The number of aromatic amines is 1. The summed E-state index contributed by atoms with van der Waals surface area (Å²) >= 11 is 0. The molecule has 0 saturated carbocycles. The Kier molecular flexibility index (Phi) is 4.24. The Morgan fingerprint density at radius 2 is 2.13 bits per heavy atom. The summed E-state index contributed by atoms with van der Waals surface area (Å²) in [5.74, 6) is 0.249. The molecule has 0 fully saturated rings.